The normalized spacial score (nSPS) is 11.7. The highest BCUT2D eigenvalue weighted by molar-refractivity contribution is 5.72. The predicted octanol–water partition coefficient (Wildman–Crippen LogP) is 2.43. The number of hydrogen-bond donors (Lipinski definition) is 4. The van der Waals surface area contributed by atoms with Crippen molar-refractivity contribution in [2.75, 3.05) is 18.5 Å². The predicted molar refractivity (Wildman–Crippen MR) is 104 cm³/mol. The number of aliphatic hydroxyl groups excluding tert-OH is 1. The number of aromatic amines is 1. The summed E-state index contributed by atoms with van der Waals surface area (Å²) in [6.07, 6.45) is 5.95. The van der Waals surface area contributed by atoms with Crippen molar-refractivity contribution in [3.63, 3.8) is 0 Å². The third-order valence-electron chi connectivity index (χ3n) is 4.00. The van der Waals surface area contributed by atoms with Crippen molar-refractivity contribution in [3.8, 4) is 17.1 Å². The van der Waals surface area contributed by atoms with Crippen molar-refractivity contribution in [3.05, 3.63) is 54.1 Å². The van der Waals surface area contributed by atoms with Crippen LogP contribution in [0, 0.1) is 6.92 Å². The third-order valence-corrected chi connectivity index (χ3v) is 4.00. The van der Waals surface area contributed by atoms with E-state index in [-0.39, 0.29) is 12.5 Å². The van der Waals surface area contributed by atoms with Crippen LogP contribution in [0.25, 0.3) is 11.3 Å². The van der Waals surface area contributed by atoms with E-state index in [1.54, 1.807) is 43.0 Å². The standard InChI is InChI=1S/C19H22N6O3/c1-3-21-18-23-8-12(2)17(25-18)14-7-16(22-10-14)28-19(27)24-15(11-26)13-5-4-6-20-9-13/h4-10,15,22,26H,3,11H2,1-2H3,(H,24,27)(H,21,23,25). The molecule has 0 bridgehead atoms. The van der Waals surface area contributed by atoms with Gasteiger partial charge in [-0.15, -0.1) is 0 Å². The molecule has 9 heteroatoms. The maximum Gasteiger partial charge on any atom is 0.414 e. The zero-order valence-electron chi connectivity index (χ0n) is 15.6. The molecule has 1 amide bonds. The number of H-pyrrole nitrogens is 1. The molecule has 0 saturated heterocycles. The molecule has 0 aromatic carbocycles. The Morgan fingerprint density at radius 3 is 2.96 bits per heavy atom. The Bertz CT molecular complexity index is 928. The van der Waals surface area contributed by atoms with Crippen LogP contribution in [0.2, 0.25) is 0 Å². The molecule has 4 N–H and O–H groups in total. The highest BCUT2D eigenvalue weighted by Crippen LogP contribution is 2.25. The Labute approximate surface area is 162 Å². The second kappa shape index (κ2) is 8.96. The van der Waals surface area contributed by atoms with Crippen LogP contribution in [-0.4, -0.2) is 44.3 Å². The molecule has 3 aromatic heterocycles. The number of rotatable bonds is 7. The molecule has 1 unspecified atom stereocenters. The first-order valence-corrected chi connectivity index (χ1v) is 8.86. The number of carbonyl (C=O) groups excluding carboxylic acids is 1. The summed E-state index contributed by atoms with van der Waals surface area (Å²) in [5.74, 6) is 0.796. The van der Waals surface area contributed by atoms with Crippen molar-refractivity contribution in [2.45, 2.75) is 19.9 Å². The first kappa shape index (κ1) is 19.3. The Kier molecular flexibility index (Phi) is 6.18. The van der Waals surface area contributed by atoms with E-state index < -0.39 is 12.1 Å². The fraction of sp³-hybridized carbons (Fsp3) is 0.263. The van der Waals surface area contributed by atoms with Crippen LogP contribution < -0.4 is 15.4 Å². The molecule has 0 fully saturated rings. The van der Waals surface area contributed by atoms with Gasteiger partial charge < -0.3 is 25.5 Å². The number of amides is 1. The lowest BCUT2D eigenvalue weighted by molar-refractivity contribution is 0.181. The average Bonchev–Trinajstić information content (AvgIpc) is 3.16. The summed E-state index contributed by atoms with van der Waals surface area (Å²) >= 11 is 0. The third kappa shape index (κ3) is 4.63. The van der Waals surface area contributed by atoms with E-state index in [1.165, 1.54) is 0 Å². The summed E-state index contributed by atoms with van der Waals surface area (Å²) < 4.78 is 5.29. The smallest absolute Gasteiger partial charge is 0.394 e. The van der Waals surface area contributed by atoms with E-state index in [0.29, 0.717) is 18.1 Å². The number of ether oxygens (including phenoxy) is 1. The van der Waals surface area contributed by atoms with Crippen LogP contribution in [0.1, 0.15) is 24.1 Å². The second-order valence-electron chi connectivity index (χ2n) is 6.06. The molecule has 146 valence electrons. The molecule has 3 rings (SSSR count). The summed E-state index contributed by atoms with van der Waals surface area (Å²) in [5.41, 5.74) is 3.09. The lowest BCUT2D eigenvalue weighted by Crippen LogP contribution is -2.33. The van der Waals surface area contributed by atoms with E-state index >= 15 is 0 Å². The van der Waals surface area contributed by atoms with E-state index in [2.05, 4.69) is 30.6 Å². The van der Waals surface area contributed by atoms with Gasteiger partial charge in [-0.2, -0.15) is 0 Å². The number of anilines is 1. The lowest BCUT2D eigenvalue weighted by atomic mass is 10.1. The first-order chi connectivity index (χ1) is 13.6. The molecular formula is C19H22N6O3. The SMILES string of the molecule is CCNc1ncc(C)c(-c2c[nH]c(OC(=O)NC(CO)c3cccnc3)c2)n1. The molecule has 28 heavy (non-hydrogen) atoms. The molecule has 0 saturated carbocycles. The van der Waals surface area contributed by atoms with Crippen LogP contribution in [0.3, 0.4) is 0 Å². The Morgan fingerprint density at radius 2 is 2.25 bits per heavy atom. The monoisotopic (exact) mass is 382 g/mol. The zero-order valence-corrected chi connectivity index (χ0v) is 15.6. The van der Waals surface area contributed by atoms with Crippen LogP contribution in [-0.2, 0) is 0 Å². The molecule has 0 radical (unpaired) electrons. The van der Waals surface area contributed by atoms with E-state index in [0.717, 1.165) is 16.8 Å². The molecule has 9 nitrogen and oxygen atoms in total. The van der Waals surface area contributed by atoms with Crippen molar-refractivity contribution in [1.29, 1.82) is 0 Å². The molecular weight excluding hydrogens is 360 g/mol. The molecule has 1 atom stereocenters. The van der Waals surface area contributed by atoms with Crippen molar-refractivity contribution < 1.29 is 14.6 Å². The second-order valence-corrected chi connectivity index (χ2v) is 6.06. The number of pyridine rings is 1. The largest absolute Gasteiger partial charge is 0.414 e. The number of carbonyl (C=O) groups is 1. The van der Waals surface area contributed by atoms with Gasteiger partial charge in [0.25, 0.3) is 0 Å². The van der Waals surface area contributed by atoms with Crippen LogP contribution in [0.4, 0.5) is 10.7 Å². The topological polar surface area (TPSA) is 125 Å². The van der Waals surface area contributed by atoms with Gasteiger partial charge in [0.2, 0.25) is 11.8 Å². The number of aryl methyl sites for hydroxylation is 1. The zero-order chi connectivity index (χ0) is 19.9. The van der Waals surface area contributed by atoms with Gasteiger partial charge in [-0.1, -0.05) is 6.07 Å². The summed E-state index contributed by atoms with van der Waals surface area (Å²) in [4.78, 5) is 27.8. The molecule has 0 aliphatic carbocycles. The summed E-state index contributed by atoms with van der Waals surface area (Å²) in [5, 5.41) is 15.2. The first-order valence-electron chi connectivity index (χ1n) is 8.86. The minimum absolute atomic E-state index is 0.262. The van der Waals surface area contributed by atoms with Gasteiger partial charge in [0.15, 0.2) is 0 Å². The average molecular weight is 382 g/mol. The van der Waals surface area contributed by atoms with Gasteiger partial charge in [0.05, 0.1) is 18.3 Å². The number of nitrogens with one attached hydrogen (secondary N) is 3. The molecule has 3 aromatic rings. The van der Waals surface area contributed by atoms with Gasteiger partial charge in [-0.25, -0.2) is 14.8 Å². The number of hydrogen-bond acceptors (Lipinski definition) is 7. The van der Waals surface area contributed by atoms with Gasteiger partial charge in [0.1, 0.15) is 0 Å². The minimum atomic E-state index is -0.691. The van der Waals surface area contributed by atoms with Gasteiger partial charge in [0, 0.05) is 43.0 Å². The van der Waals surface area contributed by atoms with Crippen LogP contribution >= 0.6 is 0 Å². The highest BCUT2D eigenvalue weighted by Gasteiger charge is 2.16. The summed E-state index contributed by atoms with van der Waals surface area (Å²) in [6.45, 7) is 4.32. The number of aliphatic hydroxyl groups is 1. The van der Waals surface area contributed by atoms with Crippen molar-refractivity contribution in [1.82, 2.24) is 25.3 Å². The quantitative estimate of drug-likeness (QED) is 0.494. The molecule has 0 aliphatic rings. The Balaban J connectivity index is 1.69. The highest BCUT2D eigenvalue weighted by atomic mass is 16.6. The Morgan fingerprint density at radius 1 is 1.39 bits per heavy atom. The number of aromatic nitrogens is 4. The van der Waals surface area contributed by atoms with Crippen LogP contribution in [0.5, 0.6) is 5.88 Å². The maximum absolute atomic E-state index is 12.2. The van der Waals surface area contributed by atoms with E-state index in [4.69, 9.17) is 4.74 Å². The summed E-state index contributed by atoms with van der Waals surface area (Å²) in [7, 11) is 0. The van der Waals surface area contributed by atoms with Crippen molar-refractivity contribution in [2.24, 2.45) is 0 Å². The van der Waals surface area contributed by atoms with E-state index in [9.17, 15) is 9.90 Å². The van der Waals surface area contributed by atoms with Gasteiger partial charge in [-0.05, 0) is 31.0 Å². The molecule has 0 aliphatic heterocycles. The maximum atomic E-state index is 12.2. The van der Waals surface area contributed by atoms with Gasteiger partial charge in [-0.3, -0.25) is 4.98 Å². The van der Waals surface area contributed by atoms with Crippen molar-refractivity contribution >= 4 is 12.0 Å². The fourth-order valence-corrected chi connectivity index (χ4v) is 2.63. The Hall–Kier alpha value is -3.46. The number of nitrogens with zero attached hydrogens (tertiary/aromatic N) is 3. The van der Waals surface area contributed by atoms with Crippen LogP contribution in [0.15, 0.2) is 43.0 Å². The lowest BCUT2D eigenvalue weighted by Gasteiger charge is -2.15. The fourth-order valence-electron chi connectivity index (χ4n) is 2.63. The molecule has 0 spiro atoms. The van der Waals surface area contributed by atoms with E-state index in [1.807, 2.05) is 13.8 Å². The molecule has 3 heterocycles. The van der Waals surface area contributed by atoms with Gasteiger partial charge >= 0.3 is 6.09 Å². The minimum Gasteiger partial charge on any atom is -0.394 e. The summed E-state index contributed by atoms with van der Waals surface area (Å²) in [6, 6.07) is 4.57.